The Bertz CT molecular complexity index is 353. The van der Waals surface area contributed by atoms with E-state index in [-0.39, 0.29) is 6.10 Å². The number of nitrogens with zero attached hydrogens (tertiary/aromatic N) is 1. The summed E-state index contributed by atoms with van der Waals surface area (Å²) in [6.07, 6.45) is 9.49. The zero-order valence-electron chi connectivity index (χ0n) is 12.7. The van der Waals surface area contributed by atoms with Gasteiger partial charge >= 0.3 is 0 Å². The smallest absolute Gasteiger partial charge is 0.191 e. The average Bonchev–Trinajstić information content (AvgIpc) is 3.31. The van der Waals surface area contributed by atoms with Gasteiger partial charge in [0, 0.05) is 19.1 Å². The minimum Gasteiger partial charge on any atom is -0.393 e. The molecule has 0 aliphatic heterocycles. The highest BCUT2D eigenvalue weighted by atomic mass is 16.3. The third kappa shape index (κ3) is 3.46. The predicted octanol–water partition coefficient (Wildman–Crippen LogP) is 2.04. The van der Waals surface area contributed by atoms with E-state index in [0.29, 0.717) is 11.5 Å². The van der Waals surface area contributed by atoms with Crippen molar-refractivity contribution in [2.75, 3.05) is 13.1 Å². The topological polar surface area (TPSA) is 56.7 Å². The Kier molecular flexibility index (Phi) is 4.20. The maximum absolute atomic E-state index is 9.58. The lowest BCUT2D eigenvalue weighted by molar-refractivity contribution is 0.120. The number of aliphatic imine (C=N–C) groups is 1. The first-order valence-corrected chi connectivity index (χ1v) is 8.45. The predicted molar refractivity (Wildman–Crippen MR) is 81.8 cm³/mol. The fraction of sp³-hybridized carbons (Fsp3) is 0.938. The lowest BCUT2D eigenvalue weighted by Crippen LogP contribution is -2.45. The SMILES string of the molecule is CCNC(=NCC1(C2CC2)CC1)NC1CCC(O)CC1. The molecule has 0 aromatic carbocycles. The molecule has 4 nitrogen and oxygen atoms in total. The van der Waals surface area contributed by atoms with Gasteiger partial charge in [-0.15, -0.1) is 0 Å². The molecule has 0 bridgehead atoms. The molecule has 20 heavy (non-hydrogen) atoms. The molecule has 0 amide bonds. The van der Waals surface area contributed by atoms with Gasteiger partial charge in [0.2, 0.25) is 0 Å². The van der Waals surface area contributed by atoms with Crippen LogP contribution in [0.5, 0.6) is 0 Å². The van der Waals surface area contributed by atoms with Crippen molar-refractivity contribution in [2.45, 2.75) is 70.4 Å². The number of hydrogen-bond donors (Lipinski definition) is 3. The van der Waals surface area contributed by atoms with Gasteiger partial charge in [-0.1, -0.05) is 0 Å². The Morgan fingerprint density at radius 2 is 1.85 bits per heavy atom. The summed E-state index contributed by atoms with van der Waals surface area (Å²) in [5.74, 6) is 1.96. The quantitative estimate of drug-likeness (QED) is 0.533. The molecular formula is C16H29N3O. The summed E-state index contributed by atoms with van der Waals surface area (Å²) in [6.45, 7) is 4.04. The van der Waals surface area contributed by atoms with Crippen molar-refractivity contribution >= 4 is 5.96 Å². The Hall–Kier alpha value is -0.770. The molecule has 4 heteroatoms. The van der Waals surface area contributed by atoms with Gasteiger partial charge in [-0.3, -0.25) is 4.99 Å². The van der Waals surface area contributed by atoms with Gasteiger partial charge in [0.05, 0.1) is 6.10 Å². The van der Waals surface area contributed by atoms with E-state index < -0.39 is 0 Å². The van der Waals surface area contributed by atoms with Gasteiger partial charge in [0.15, 0.2) is 5.96 Å². The van der Waals surface area contributed by atoms with Crippen LogP contribution in [0.1, 0.15) is 58.3 Å². The largest absolute Gasteiger partial charge is 0.393 e. The number of nitrogens with one attached hydrogen (secondary N) is 2. The first-order chi connectivity index (χ1) is 9.72. The number of hydrogen-bond acceptors (Lipinski definition) is 2. The molecule has 3 aliphatic carbocycles. The molecule has 3 N–H and O–H groups in total. The van der Waals surface area contributed by atoms with E-state index >= 15 is 0 Å². The number of aliphatic hydroxyl groups is 1. The van der Waals surface area contributed by atoms with Crippen LogP contribution in [0.3, 0.4) is 0 Å². The highest BCUT2D eigenvalue weighted by Gasteiger charge is 2.53. The molecule has 0 aromatic rings. The van der Waals surface area contributed by atoms with E-state index in [2.05, 4.69) is 17.6 Å². The van der Waals surface area contributed by atoms with E-state index in [1.54, 1.807) is 0 Å². The monoisotopic (exact) mass is 279 g/mol. The first kappa shape index (κ1) is 14.2. The zero-order valence-corrected chi connectivity index (χ0v) is 12.7. The molecule has 3 aliphatic rings. The third-order valence-corrected chi connectivity index (χ3v) is 5.27. The van der Waals surface area contributed by atoms with Crippen molar-refractivity contribution in [3.05, 3.63) is 0 Å². The van der Waals surface area contributed by atoms with Crippen molar-refractivity contribution in [3.63, 3.8) is 0 Å². The van der Waals surface area contributed by atoms with Crippen LogP contribution in [0.2, 0.25) is 0 Å². The van der Waals surface area contributed by atoms with E-state index in [1.807, 2.05) is 0 Å². The van der Waals surface area contributed by atoms with Crippen LogP contribution < -0.4 is 10.6 Å². The summed E-state index contributed by atoms with van der Waals surface area (Å²) in [7, 11) is 0. The highest BCUT2D eigenvalue weighted by Crippen LogP contribution is 2.61. The van der Waals surface area contributed by atoms with Gasteiger partial charge in [-0.05, 0) is 69.6 Å². The second-order valence-corrected chi connectivity index (χ2v) is 6.98. The Morgan fingerprint density at radius 1 is 1.15 bits per heavy atom. The standard InChI is InChI=1S/C16H29N3O/c1-2-17-15(19-13-5-7-14(20)8-6-13)18-11-16(9-10-16)12-3-4-12/h12-14,20H,2-11H2,1H3,(H2,17,18,19). The van der Waals surface area contributed by atoms with Crippen LogP contribution in [-0.2, 0) is 0 Å². The second-order valence-electron chi connectivity index (χ2n) is 6.98. The van der Waals surface area contributed by atoms with Gasteiger partial charge in [0.1, 0.15) is 0 Å². The van der Waals surface area contributed by atoms with Crippen molar-refractivity contribution in [2.24, 2.45) is 16.3 Å². The molecule has 3 fully saturated rings. The molecule has 0 atom stereocenters. The molecule has 114 valence electrons. The second kappa shape index (κ2) is 5.92. The zero-order chi connectivity index (χ0) is 14.0. The Labute approximate surface area is 122 Å². The molecule has 0 heterocycles. The highest BCUT2D eigenvalue weighted by molar-refractivity contribution is 5.80. The van der Waals surface area contributed by atoms with E-state index in [1.165, 1.54) is 25.7 Å². The van der Waals surface area contributed by atoms with E-state index in [9.17, 15) is 5.11 Å². The maximum Gasteiger partial charge on any atom is 0.191 e. The van der Waals surface area contributed by atoms with Crippen molar-refractivity contribution in [1.29, 1.82) is 0 Å². The van der Waals surface area contributed by atoms with Crippen molar-refractivity contribution in [1.82, 2.24) is 10.6 Å². The van der Waals surface area contributed by atoms with Crippen LogP contribution >= 0.6 is 0 Å². The van der Waals surface area contributed by atoms with Crippen LogP contribution in [0.25, 0.3) is 0 Å². The summed E-state index contributed by atoms with van der Waals surface area (Å²) in [6, 6.07) is 0.479. The lowest BCUT2D eigenvalue weighted by Gasteiger charge is -2.28. The van der Waals surface area contributed by atoms with Gasteiger partial charge in [-0.2, -0.15) is 0 Å². The van der Waals surface area contributed by atoms with Crippen molar-refractivity contribution in [3.8, 4) is 0 Å². The molecule has 0 unspecified atom stereocenters. The number of aliphatic hydroxyl groups excluding tert-OH is 1. The summed E-state index contributed by atoms with van der Waals surface area (Å²) in [5, 5.41) is 16.5. The molecule has 0 spiro atoms. The van der Waals surface area contributed by atoms with E-state index in [0.717, 1.165) is 50.7 Å². The molecule has 3 saturated carbocycles. The average molecular weight is 279 g/mol. The molecule has 0 aromatic heterocycles. The van der Waals surface area contributed by atoms with Crippen molar-refractivity contribution < 1.29 is 5.11 Å². The fourth-order valence-electron chi connectivity index (χ4n) is 3.52. The van der Waals surface area contributed by atoms with Gasteiger partial charge in [0.25, 0.3) is 0 Å². The third-order valence-electron chi connectivity index (χ3n) is 5.27. The molecule has 3 rings (SSSR count). The molecular weight excluding hydrogens is 250 g/mol. The minimum absolute atomic E-state index is 0.0860. The number of rotatable bonds is 5. The van der Waals surface area contributed by atoms with Gasteiger partial charge < -0.3 is 15.7 Å². The van der Waals surface area contributed by atoms with Crippen LogP contribution in [-0.4, -0.2) is 36.3 Å². The number of guanidine groups is 1. The lowest BCUT2D eigenvalue weighted by atomic mass is 9.93. The van der Waals surface area contributed by atoms with E-state index in [4.69, 9.17) is 4.99 Å². The normalized spacial score (nSPS) is 32.8. The Morgan fingerprint density at radius 3 is 2.40 bits per heavy atom. The Balaban J connectivity index is 1.52. The summed E-state index contributed by atoms with van der Waals surface area (Å²) < 4.78 is 0. The molecule has 0 saturated heterocycles. The maximum atomic E-state index is 9.58. The van der Waals surface area contributed by atoms with Crippen LogP contribution in [0.15, 0.2) is 4.99 Å². The molecule has 0 radical (unpaired) electrons. The van der Waals surface area contributed by atoms with Crippen LogP contribution in [0, 0.1) is 11.3 Å². The summed E-state index contributed by atoms with van der Waals surface area (Å²) in [5.41, 5.74) is 0.575. The first-order valence-electron chi connectivity index (χ1n) is 8.45. The minimum atomic E-state index is -0.0860. The summed E-state index contributed by atoms with van der Waals surface area (Å²) in [4.78, 5) is 4.85. The van der Waals surface area contributed by atoms with Crippen LogP contribution in [0.4, 0.5) is 0 Å². The van der Waals surface area contributed by atoms with Gasteiger partial charge in [-0.25, -0.2) is 0 Å². The summed E-state index contributed by atoms with van der Waals surface area (Å²) >= 11 is 0. The fourth-order valence-corrected chi connectivity index (χ4v) is 3.52.